The number of carbonyl (C=O) groups excluding carboxylic acids is 2. The van der Waals surface area contributed by atoms with E-state index in [4.69, 9.17) is 31.6 Å². The summed E-state index contributed by atoms with van der Waals surface area (Å²) in [6.07, 6.45) is 3.23. The fourth-order valence-corrected chi connectivity index (χ4v) is 5.15. The standard InChI is InChI=1S/C16H32O9Si2/c1-19-26(6,20-2)13-7-11-24-15(17)9-10-16(18)25-12-8-14-27(21-3,22-4)23-5/h9-10H,7-8,11-14H2,1-6H3/b10-9+. The molecule has 0 aliphatic heterocycles. The molecule has 0 radical (unpaired) electrons. The predicted molar refractivity (Wildman–Crippen MR) is 102 cm³/mol. The maximum atomic E-state index is 11.6. The number of esters is 2. The van der Waals surface area contributed by atoms with E-state index < -0.39 is 29.3 Å². The summed E-state index contributed by atoms with van der Waals surface area (Å²) in [5.74, 6) is -1.22. The van der Waals surface area contributed by atoms with Crippen LogP contribution >= 0.6 is 0 Å². The van der Waals surface area contributed by atoms with Gasteiger partial charge in [-0.1, -0.05) is 0 Å². The lowest BCUT2D eigenvalue weighted by atomic mass is 10.4. The first-order chi connectivity index (χ1) is 12.8. The molecule has 0 saturated heterocycles. The third-order valence-electron chi connectivity index (χ3n) is 4.04. The van der Waals surface area contributed by atoms with Crippen molar-refractivity contribution in [3.05, 3.63) is 12.2 Å². The van der Waals surface area contributed by atoms with E-state index in [1.807, 2.05) is 6.55 Å². The van der Waals surface area contributed by atoms with Crippen molar-refractivity contribution in [3.63, 3.8) is 0 Å². The molecule has 0 bridgehead atoms. The zero-order chi connectivity index (χ0) is 20.8. The summed E-state index contributed by atoms with van der Waals surface area (Å²) in [6.45, 7) is 2.33. The first-order valence-electron chi connectivity index (χ1n) is 8.57. The molecule has 0 aliphatic rings. The summed E-state index contributed by atoms with van der Waals surface area (Å²) in [4.78, 5) is 23.2. The quantitative estimate of drug-likeness (QED) is 0.168. The fourth-order valence-electron chi connectivity index (χ4n) is 2.10. The maximum absolute atomic E-state index is 11.6. The normalized spacial score (nSPS) is 12.4. The molecule has 0 N–H and O–H groups in total. The summed E-state index contributed by atoms with van der Waals surface area (Å²) < 4.78 is 36.5. The van der Waals surface area contributed by atoms with Gasteiger partial charge in [0.25, 0.3) is 0 Å². The fraction of sp³-hybridized carbons (Fsp3) is 0.750. The Labute approximate surface area is 163 Å². The van der Waals surface area contributed by atoms with Crippen molar-refractivity contribution in [3.8, 4) is 0 Å². The van der Waals surface area contributed by atoms with Crippen molar-refractivity contribution in [2.75, 3.05) is 48.8 Å². The molecule has 0 unspecified atom stereocenters. The summed E-state index contributed by atoms with van der Waals surface area (Å²) in [6, 6.07) is 1.22. The van der Waals surface area contributed by atoms with E-state index in [0.29, 0.717) is 24.9 Å². The number of hydrogen-bond acceptors (Lipinski definition) is 9. The number of rotatable bonds is 15. The Kier molecular flexibility index (Phi) is 13.4. The molecule has 158 valence electrons. The highest BCUT2D eigenvalue weighted by atomic mass is 28.4. The Morgan fingerprint density at radius 1 is 0.704 bits per heavy atom. The molecule has 9 nitrogen and oxygen atoms in total. The van der Waals surface area contributed by atoms with Gasteiger partial charge in [0.05, 0.1) is 13.2 Å². The number of ether oxygens (including phenoxy) is 2. The van der Waals surface area contributed by atoms with E-state index in [2.05, 4.69) is 0 Å². The molecule has 27 heavy (non-hydrogen) atoms. The first kappa shape index (κ1) is 25.9. The van der Waals surface area contributed by atoms with Crippen LogP contribution in [0, 0.1) is 0 Å². The van der Waals surface area contributed by atoms with Gasteiger partial charge in [0.15, 0.2) is 0 Å². The van der Waals surface area contributed by atoms with E-state index in [1.54, 1.807) is 14.2 Å². The molecule has 0 spiro atoms. The summed E-state index contributed by atoms with van der Waals surface area (Å²) >= 11 is 0. The van der Waals surface area contributed by atoms with Gasteiger partial charge in [-0.3, -0.25) is 0 Å². The molecule has 0 aromatic carbocycles. The Morgan fingerprint density at radius 2 is 1.11 bits per heavy atom. The van der Waals surface area contributed by atoms with E-state index in [-0.39, 0.29) is 13.2 Å². The Hall–Kier alpha value is -1.09. The molecule has 0 aromatic rings. The Bertz CT molecular complexity index is 455. The van der Waals surface area contributed by atoms with Crippen molar-refractivity contribution < 1.29 is 41.2 Å². The van der Waals surface area contributed by atoms with Crippen LogP contribution in [0.5, 0.6) is 0 Å². The smallest absolute Gasteiger partial charge is 0.463 e. The zero-order valence-corrected chi connectivity index (χ0v) is 19.1. The van der Waals surface area contributed by atoms with Crippen LogP contribution in [0.1, 0.15) is 12.8 Å². The van der Waals surface area contributed by atoms with Crippen molar-refractivity contribution >= 4 is 29.3 Å². The van der Waals surface area contributed by atoms with Crippen LogP contribution in [0.2, 0.25) is 18.6 Å². The molecule has 0 heterocycles. The van der Waals surface area contributed by atoms with E-state index in [0.717, 1.165) is 12.2 Å². The summed E-state index contributed by atoms with van der Waals surface area (Å²) in [5, 5.41) is 0. The van der Waals surface area contributed by atoms with E-state index in [1.165, 1.54) is 21.3 Å². The summed E-state index contributed by atoms with van der Waals surface area (Å²) in [5.41, 5.74) is 0. The van der Waals surface area contributed by atoms with Gasteiger partial charge in [0, 0.05) is 53.7 Å². The van der Waals surface area contributed by atoms with Gasteiger partial charge in [0.1, 0.15) is 0 Å². The van der Waals surface area contributed by atoms with Gasteiger partial charge >= 0.3 is 29.3 Å². The topological polar surface area (TPSA) is 98.8 Å². The molecule has 0 saturated carbocycles. The van der Waals surface area contributed by atoms with Crippen molar-refractivity contribution in [1.82, 2.24) is 0 Å². The van der Waals surface area contributed by atoms with E-state index in [9.17, 15) is 9.59 Å². The molecule has 0 aliphatic carbocycles. The van der Waals surface area contributed by atoms with Crippen LogP contribution in [-0.4, -0.2) is 78.1 Å². The van der Waals surface area contributed by atoms with Gasteiger partial charge in [0.2, 0.25) is 0 Å². The SMILES string of the molecule is CO[Si](C)(CCCOC(=O)/C=C/C(=O)OCCC[Si](OC)(OC)OC)OC. The molecule has 0 atom stereocenters. The number of hydrogen-bond donors (Lipinski definition) is 0. The Balaban J connectivity index is 4.01. The zero-order valence-electron chi connectivity index (χ0n) is 17.1. The largest absolute Gasteiger partial charge is 0.500 e. The average Bonchev–Trinajstić information content (AvgIpc) is 2.70. The highest BCUT2D eigenvalue weighted by Crippen LogP contribution is 2.15. The second kappa shape index (κ2) is 14.0. The average molecular weight is 425 g/mol. The molecule has 0 amide bonds. The molecule has 0 rings (SSSR count). The Morgan fingerprint density at radius 3 is 1.48 bits per heavy atom. The second-order valence-electron chi connectivity index (χ2n) is 5.71. The van der Waals surface area contributed by atoms with Gasteiger partial charge in [-0.2, -0.15) is 0 Å². The van der Waals surface area contributed by atoms with Crippen molar-refractivity contribution in [1.29, 1.82) is 0 Å². The minimum Gasteiger partial charge on any atom is -0.463 e. The molecular weight excluding hydrogens is 392 g/mol. The lowest BCUT2D eigenvalue weighted by Gasteiger charge is -2.23. The predicted octanol–water partition coefficient (Wildman–Crippen LogP) is 1.65. The molecule has 0 fully saturated rings. The lowest BCUT2D eigenvalue weighted by molar-refractivity contribution is -0.140. The second-order valence-corrected chi connectivity index (χ2v) is 12.4. The van der Waals surface area contributed by atoms with Crippen molar-refractivity contribution in [2.24, 2.45) is 0 Å². The van der Waals surface area contributed by atoms with Crippen LogP contribution in [0.4, 0.5) is 0 Å². The van der Waals surface area contributed by atoms with Crippen LogP contribution in [0.25, 0.3) is 0 Å². The van der Waals surface area contributed by atoms with Crippen LogP contribution in [0.15, 0.2) is 12.2 Å². The van der Waals surface area contributed by atoms with Gasteiger partial charge in [-0.25, -0.2) is 9.59 Å². The van der Waals surface area contributed by atoms with Crippen LogP contribution in [-0.2, 0) is 41.2 Å². The minimum absolute atomic E-state index is 0.167. The van der Waals surface area contributed by atoms with E-state index >= 15 is 0 Å². The highest BCUT2D eigenvalue weighted by Gasteiger charge is 2.37. The number of carbonyl (C=O) groups is 2. The molecule has 11 heteroatoms. The maximum Gasteiger partial charge on any atom is 0.500 e. The lowest BCUT2D eigenvalue weighted by Crippen LogP contribution is -2.42. The molecular formula is C16H32O9Si2. The van der Waals surface area contributed by atoms with Gasteiger partial charge in [-0.15, -0.1) is 0 Å². The monoisotopic (exact) mass is 424 g/mol. The van der Waals surface area contributed by atoms with Crippen molar-refractivity contribution in [2.45, 2.75) is 31.5 Å². The third-order valence-corrected chi connectivity index (χ3v) is 9.86. The van der Waals surface area contributed by atoms with Crippen LogP contribution in [0.3, 0.4) is 0 Å². The van der Waals surface area contributed by atoms with Crippen LogP contribution < -0.4 is 0 Å². The third kappa shape index (κ3) is 10.7. The van der Waals surface area contributed by atoms with Gasteiger partial charge in [-0.05, 0) is 25.4 Å². The van der Waals surface area contributed by atoms with Gasteiger partial charge < -0.3 is 31.6 Å². The molecule has 0 aromatic heterocycles. The first-order valence-corrected chi connectivity index (χ1v) is 13.0. The highest BCUT2D eigenvalue weighted by molar-refractivity contribution is 6.65. The summed E-state index contributed by atoms with van der Waals surface area (Å²) in [7, 11) is 2.96. The minimum atomic E-state index is -2.66.